The first-order valence-corrected chi connectivity index (χ1v) is 8.58. The molecule has 1 aromatic rings. The van der Waals surface area contributed by atoms with Crippen molar-refractivity contribution in [2.24, 2.45) is 0 Å². The molecule has 1 aromatic carbocycles. The maximum absolute atomic E-state index is 13.2. The Kier molecular flexibility index (Phi) is 6.52. The summed E-state index contributed by atoms with van der Waals surface area (Å²) in [7, 11) is 0. The van der Waals surface area contributed by atoms with Gasteiger partial charge in [0.05, 0.1) is 13.2 Å². The molecule has 0 aromatic heterocycles. The number of morpholine rings is 1. The second-order valence-electron chi connectivity index (χ2n) is 6.50. The van der Waals surface area contributed by atoms with Crippen molar-refractivity contribution in [3.8, 4) is 0 Å². The van der Waals surface area contributed by atoms with Gasteiger partial charge in [0.1, 0.15) is 5.60 Å². The summed E-state index contributed by atoms with van der Waals surface area (Å²) < 4.78 is 31.5. The van der Waals surface area contributed by atoms with Gasteiger partial charge < -0.3 is 19.9 Å². The number of nitrogens with one attached hydrogen (secondary N) is 1. The van der Waals surface area contributed by atoms with Crippen LogP contribution in [0, 0.1) is 0 Å². The first-order chi connectivity index (χ1) is 12.3. The van der Waals surface area contributed by atoms with Crippen LogP contribution in [0.2, 0.25) is 0 Å². The summed E-state index contributed by atoms with van der Waals surface area (Å²) in [4.78, 5) is 27.2. The average molecular weight is 369 g/mol. The summed E-state index contributed by atoms with van der Waals surface area (Å²) >= 11 is 0. The summed E-state index contributed by atoms with van der Waals surface area (Å²) in [6, 6.07) is 6.68. The van der Waals surface area contributed by atoms with Gasteiger partial charge in [-0.15, -0.1) is 0 Å². The number of hydrogen-bond donors (Lipinski definition) is 1. The molecule has 1 aliphatic rings. The fourth-order valence-corrected chi connectivity index (χ4v) is 2.82. The lowest BCUT2D eigenvalue weighted by molar-refractivity contribution is -0.161. The topological polar surface area (TPSA) is 61.9 Å². The Hall–Kier alpha value is -2.22. The number of halogens is 2. The van der Waals surface area contributed by atoms with Crippen LogP contribution in [-0.4, -0.2) is 60.0 Å². The molecular weight excluding hydrogens is 344 g/mol. The van der Waals surface area contributed by atoms with Crippen LogP contribution >= 0.6 is 0 Å². The van der Waals surface area contributed by atoms with E-state index in [0.29, 0.717) is 18.8 Å². The van der Waals surface area contributed by atoms with Gasteiger partial charge in [0.15, 0.2) is 0 Å². The van der Waals surface area contributed by atoms with Crippen LogP contribution in [0.5, 0.6) is 0 Å². The molecule has 2 rings (SSSR count). The molecule has 1 heterocycles. The molecule has 0 radical (unpaired) electrons. The summed E-state index contributed by atoms with van der Waals surface area (Å²) in [6.45, 7) is 5.69. The van der Waals surface area contributed by atoms with E-state index in [1.54, 1.807) is 17.0 Å². The number of benzene rings is 1. The van der Waals surface area contributed by atoms with Crippen molar-refractivity contribution in [2.75, 3.05) is 31.6 Å². The lowest BCUT2D eigenvalue weighted by Crippen LogP contribution is -2.56. The zero-order valence-corrected chi connectivity index (χ0v) is 15.3. The van der Waals surface area contributed by atoms with Crippen LogP contribution in [0.15, 0.2) is 24.3 Å². The number of urea groups is 1. The van der Waals surface area contributed by atoms with Crippen molar-refractivity contribution in [3.05, 3.63) is 29.8 Å². The number of ether oxygens (including phenoxy) is 1. The molecule has 3 amide bonds. The van der Waals surface area contributed by atoms with Crippen LogP contribution in [0.3, 0.4) is 0 Å². The van der Waals surface area contributed by atoms with Crippen LogP contribution < -0.4 is 5.32 Å². The largest absolute Gasteiger partial charge is 0.366 e. The Morgan fingerprint density at radius 3 is 2.69 bits per heavy atom. The minimum Gasteiger partial charge on any atom is -0.366 e. The van der Waals surface area contributed by atoms with Gasteiger partial charge in [-0.25, -0.2) is 13.6 Å². The zero-order valence-electron chi connectivity index (χ0n) is 15.3. The van der Waals surface area contributed by atoms with Crippen molar-refractivity contribution >= 4 is 17.6 Å². The van der Waals surface area contributed by atoms with E-state index in [1.165, 1.54) is 18.7 Å². The van der Waals surface area contributed by atoms with Gasteiger partial charge in [-0.2, -0.15) is 0 Å². The van der Waals surface area contributed by atoms with Crippen LogP contribution in [-0.2, 0) is 16.1 Å². The number of carbonyl (C=O) groups is 2. The van der Waals surface area contributed by atoms with Crippen molar-refractivity contribution < 1.29 is 23.1 Å². The first kappa shape index (κ1) is 20.1. The van der Waals surface area contributed by atoms with Crippen molar-refractivity contribution in [2.45, 2.75) is 39.3 Å². The fraction of sp³-hybridized carbons (Fsp3) is 0.556. The lowest BCUT2D eigenvalue weighted by Gasteiger charge is -2.39. The van der Waals surface area contributed by atoms with Gasteiger partial charge in [-0.05, 0) is 25.5 Å². The molecule has 1 fully saturated rings. The predicted molar refractivity (Wildman–Crippen MR) is 94.2 cm³/mol. The van der Waals surface area contributed by atoms with E-state index in [4.69, 9.17) is 4.74 Å². The number of carbonyl (C=O) groups excluding carboxylic acids is 2. The molecule has 0 saturated carbocycles. The lowest BCUT2D eigenvalue weighted by atomic mass is 10.1. The Labute approximate surface area is 152 Å². The standard InChI is InChI=1S/C18H25F2N3O3/c1-4-22(13(2)24)11-14-7-5-6-8-15(14)21-17(25)23-9-10-26-18(3,12-23)16(19)20/h5-8,16H,4,9-12H2,1-3H3,(H,21,25). The van der Waals surface area contributed by atoms with E-state index < -0.39 is 18.1 Å². The van der Waals surface area contributed by atoms with Gasteiger partial charge in [0, 0.05) is 32.2 Å². The van der Waals surface area contributed by atoms with Gasteiger partial charge in [-0.3, -0.25) is 4.79 Å². The molecule has 1 aliphatic heterocycles. The SMILES string of the molecule is CCN(Cc1ccccc1NC(=O)N1CCOC(C)(C(F)F)C1)C(C)=O. The molecule has 1 atom stereocenters. The first-order valence-electron chi connectivity index (χ1n) is 8.58. The summed E-state index contributed by atoms with van der Waals surface area (Å²) in [6.07, 6.45) is -2.68. The Morgan fingerprint density at radius 2 is 2.08 bits per heavy atom. The number of hydrogen-bond acceptors (Lipinski definition) is 3. The van der Waals surface area contributed by atoms with Crippen molar-refractivity contribution in [3.63, 3.8) is 0 Å². The molecule has 1 unspecified atom stereocenters. The van der Waals surface area contributed by atoms with E-state index in [0.717, 1.165) is 5.56 Å². The maximum atomic E-state index is 13.2. The summed E-state index contributed by atoms with van der Waals surface area (Å²) in [5, 5.41) is 2.77. The predicted octanol–water partition coefficient (Wildman–Crippen LogP) is 2.94. The number of alkyl halides is 2. The molecule has 1 N–H and O–H groups in total. The third-order valence-corrected chi connectivity index (χ3v) is 4.49. The number of nitrogens with zero attached hydrogens (tertiary/aromatic N) is 2. The molecule has 1 saturated heterocycles. The maximum Gasteiger partial charge on any atom is 0.322 e. The molecule has 0 spiro atoms. The van der Waals surface area contributed by atoms with Crippen molar-refractivity contribution in [1.82, 2.24) is 9.80 Å². The molecule has 144 valence electrons. The molecule has 8 heteroatoms. The quantitative estimate of drug-likeness (QED) is 0.868. The highest BCUT2D eigenvalue weighted by Gasteiger charge is 2.42. The molecule has 0 bridgehead atoms. The van der Waals surface area contributed by atoms with Gasteiger partial charge in [0.25, 0.3) is 6.43 Å². The molecule has 6 nitrogen and oxygen atoms in total. The minimum atomic E-state index is -2.68. The molecule has 26 heavy (non-hydrogen) atoms. The highest BCUT2D eigenvalue weighted by molar-refractivity contribution is 5.90. The number of para-hydroxylation sites is 1. The summed E-state index contributed by atoms with van der Waals surface area (Å²) in [5.41, 5.74) is -0.326. The fourth-order valence-electron chi connectivity index (χ4n) is 2.82. The average Bonchev–Trinajstić information content (AvgIpc) is 2.60. The van der Waals surface area contributed by atoms with Gasteiger partial charge >= 0.3 is 6.03 Å². The third-order valence-electron chi connectivity index (χ3n) is 4.49. The van der Waals surface area contributed by atoms with E-state index in [-0.39, 0.29) is 25.6 Å². The second kappa shape index (κ2) is 8.44. The van der Waals surface area contributed by atoms with E-state index in [9.17, 15) is 18.4 Å². The minimum absolute atomic E-state index is 0.0594. The zero-order chi connectivity index (χ0) is 19.3. The smallest absolute Gasteiger partial charge is 0.322 e. The van der Waals surface area contributed by atoms with E-state index in [1.807, 2.05) is 19.1 Å². The molecule has 0 aliphatic carbocycles. The van der Waals surface area contributed by atoms with Crippen LogP contribution in [0.25, 0.3) is 0 Å². The monoisotopic (exact) mass is 369 g/mol. The highest BCUT2D eigenvalue weighted by atomic mass is 19.3. The Balaban J connectivity index is 2.11. The number of amides is 3. The molecular formula is C18H25F2N3O3. The van der Waals surface area contributed by atoms with Gasteiger partial charge in [-0.1, -0.05) is 18.2 Å². The highest BCUT2D eigenvalue weighted by Crippen LogP contribution is 2.26. The van der Waals surface area contributed by atoms with E-state index in [2.05, 4.69) is 5.32 Å². The Morgan fingerprint density at radius 1 is 1.38 bits per heavy atom. The Bertz CT molecular complexity index is 656. The van der Waals surface area contributed by atoms with E-state index >= 15 is 0 Å². The van der Waals surface area contributed by atoms with Crippen LogP contribution in [0.1, 0.15) is 26.3 Å². The van der Waals surface area contributed by atoms with Gasteiger partial charge in [0.2, 0.25) is 5.91 Å². The third kappa shape index (κ3) is 4.69. The number of rotatable bonds is 5. The van der Waals surface area contributed by atoms with Crippen molar-refractivity contribution in [1.29, 1.82) is 0 Å². The summed E-state index contributed by atoms with van der Waals surface area (Å²) in [5.74, 6) is -0.0606. The normalized spacial score (nSPS) is 20.2. The number of anilines is 1. The second-order valence-corrected chi connectivity index (χ2v) is 6.50. The van der Waals surface area contributed by atoms with Crippen LogP contribution in [0.4, 0.5) is 19.3 Å².